The Kier molecular flexibility index (Phi) is 3.76. The van der Waals surface area contributed by atoms with Crippen LogP contribution in [0, 0.1) is 0 Å². The van der Waals surface area contributed by atoms with Crippen LogP contribution in [0.2, 0.25) is 10.0 Å². The van der Waals surface area contributed by atoms with Crippen molar-refractivity contribution in [2.75, 3.05) is 4.90 Å². The molecule has 2 aromatic rings. The van der Waals surface area contributed by atoms with E-state index in [4.69, 9.17) is 23.2 Å². The second kappa shape index (κ2) is 5.46. The molecule has 0 radical (unpaired) electrons. The summed E-state index contributed by atoms with van der Waals surface area (Å²) < 4.78 is 24.8. The third-order valence-electron chi connectivity index (χ3n) is 3.19. The van der Waals surface area contributed by atoms with Gasteiger partial charge in [-0.1, -0.05) is 35.3 Å². The molecule has 1 aliphatic heterocycles. The minimum Gasteiger partial charge on any atom is -0.494 e. The highest BCUT2D eigenvalue weighted by Gasteiger charge is 2.42. The maximum Gasteiger partial charge on any atom is 0.205 e. The van der Waals surface area contributed by atoms with Gasteiger partial charge in [-0.25, -0.2) is 13.4 Å². The number of sulfone groups is 1. The van der Waals surface area contributed by atoms with E-state index in [0.29, 0.717) is 16.4 Å². The van der Waals surface area contributed by atoms with Crippen LogP contribution < -0.4 is 4.90 Å². The van der Waals surface area contributed by atoms with Crippen LogP contribution >= 0.6 is 23.2 Å². The average Bonchev–Trinajstić information content (AvgIpc) is 2.69. The Hall–Kier alpha value is -1.76. The average molecular weight is 357 g/mol. The quantitative estimate of drug-likeness (QED) is 0.888. The predicted molar refractivity (Wildman–Crippen MR) is 85.6 cm³/mol. The first-order valence-corrected chi connectivity index (χ1v) is 8.56. The fourth-order valence-corrected chi connectivity index (χ4v) is 4.47. The third-order valence-corrected chi connectivity index (χ3v) is 5.38. The van der Waals surface area contributed by atoms with Crippen LogP contribution in [0.15, 0.2) is 53.9 Å². The van der Waals surface area contributed by atoms with E-state index < -0.39 is 21.1 Å². The second-order valence-corrected chi connectivity index (χ2v) is 7.35. The van der Waals surface area contributed by atoms with Gasteiger partial charge in [0, 0.05) is 21.8 Å². The van der Waals surface area contributed by atoms with Crippen LogP contribution in [0.5, 0.6) is 0 Å². The van der Waals surface area contributed by atoms with Gasteiger partial charge in [0.1, 0.15) is 5.82 Å². The molecule has 2 heterocycles. The van der Waals surface area contributed by atoms with Crippen LogP contribution in [-0.2, 0) is 9.84 Å². The van der Waals surface area contributed by atoms with E-state index in [1.807, 2.05) is 0 Å². The van der Waals surface area contributed by atoms with Crippen LogP contribution in [0.25, 0.3) is 0 Å². The molecule has 114 valence electrons. The first-order chi connectivity index (χ1) is 10.4. The first-order valence-electron chi connectivity index (χ1n) is 6.20. The fraction of sp³-hybridized carbons (Fsp3) is 0.0714. The van der Waals surface area contributed by atoms with Crippen LogP contribution in [0.3, 0.4) is 0 Å². The molecule has 22 heavy (non-hydrogen) atoms. The van der Waals surface area contributed by atoms with E-state index in [0.717, 1.165) is 5.41 Å². The first kappa shape index (κ1) is 15.1. The molecule has 0 saturated carbocycles. The summed E-state index contributed by atoms with van der Waals surface area (Å²) in [7, 11) is -3.78. The smallest absolute Gasteiger partial charge is 0.205 e. The molecule has 1 aromatic carbocycles. The number of nitrogens with zero attached hydrogens (tertiary/aromatic N) is 2. The highest BCUT2D eigenvalue weighted by Crippen LogP contribution is 2.42. The summed E-state index contributed by atoms with van der Waals surface area (Å²) in [6.07, 6.45) is 1.51. The van der Waals surface area contributed by atoms with Crippen molar-refractivity contribution in [2.45, 2.75) is 5.37 Å². The van der Waals surface area contributed by atoms with Gasteiger partial charge < -0.3 is 5.11 Å². The molecular formula is C14H10Cl2N2O3S. The maximum atomic E-state index is 12.4. The van der Waals surface area contributed by atoms with Gasteiger partial charge in [0.05, 0.1) is 5.41 Å². The van der Waals surface area contributed by atoms with Crippen molar-refractivity contribution in [2.24, 2.45) is 0 Å². The zero-order valence-electron chi connectivity index (χ0n) is 11.0. The zero-order valence-corrected chi connectivity index (χ0v) is 13.3. The Morgan fingerprint density at radius 2 is 1.95 bits per heavy atom. The van der Waals surface area contributed by atoms with E-state index in [1.54, 1.807) is 24.3 Å². The van der Waals surface area contributed by atoms with Gasteiger partial charge in [-0.05, 0) is 24.3 Å². The Labute approximate surface area is 137 Å². The molecule has 5 nitrogen and oxygen atoms in total. The number of hydrogen-bond donors (Lipinski definition) is 1. The van der Waals surface area contributed by atoms with Crippen molar-refractivity contribution >= 4 is 38.9 Å². The van der Waals surface area contributed by atoms with Gasteiger partial charge in [-0.2, -0.15) is 0 Å². The number of anilines is 1. The van der Waals surface area contributed by atoms with Crippen molar-refractivity contribution in [1.82, 2.24) is 4.98 Å². The molecule has 3 rings (SSSR count). The van der Waals surface area contributed by atoms with Gasteiger partial charge in [-0.15, -0.1) is 0 Å². The SMILES string of the molecule is O=S1(=O)C=C(O)N(c2ccccn2)C1c1ccc(Cl)cc1Cl. The molecular weight excluding hydrogens is 347 g/mol. The number of halogens is 2. The van der Waals surface area contributed by atoms with Crippen molar-refractivity contribution in [3.8, 4) is 0 Å². The molecule has 0 saturated heterocycles. The molecule has 0 bridgehead atoms. The molecule has 0 amide bonds. The molecule has 8 heteroatoms. The number of aliphatic hydroxyl groups is 1. The molecule has 1 N–H and O–H groups in total. The summed E-state index contributed by atoms with van der Waals surface area (Å²) in [5, 5.41) is 10.3. The Balaban J connectivity index is 2.18. The second-order valence-electron chi connectivity index (χ2n) is 4.64. The summed E-state index contributed by atoms with van der Waals surface area (Å²) in [6.45, 7) is 0. The Morgan fingerprint density at radius 1 is 1.18 bits per heavy atom. The zero-order chi connectivity index (χ0) is 15.9. The molecule has 1 atom stereocenters. The topological polar surface area (TPSA) is 70.5 Å². The lowest BCUT2D eigenvalue weighted by molar-refractivity contribution is 0.391. The highest BCUT2D eigenvalue weighted by atomic mass is 35.5. The minimum absolute atomic E-state index is 0.199. The van der Waals surface area contributed by atoms with E-state index in [2.05, 4.69) is 4.98 Å². The Bertz CT molecular complexity index is 854. The fourth-order valence-electron chi connectivity index (χ4n) is 2.29. The maximum absolute atomic E-state index is 12.4. The van der Waals surface area contributed by atoms with Gasteiger partial charge in [0.25, 0.3) is 0 Å². The van der Waals surface area contributed by atoms with Crippen LogP contribution in [0.4, 0.5) is 5.82 Å². The van der Waals surface area contributed by atoms with Gasteiger partial charge >= 0.3 is 0 Å². The predicted octanol–water partition coefficient (Wildman–Crippen LogP) is 3.68. The molecule has 0 aliphatic carbocycles. The van der Waals surface area contributed by atoms with Gasteiger partial charge in [-0.3, -0.25) is 4.90 Å². The summed E-state index contributed by atoms with van der Waals surface area (Å²) in [6, 6.07) is 9.52. The lowest BCUT2D eigenvalue weighted by Gasteiger charge is -2.25. The number of benzene rings is 1. The summed E-state index contributed by atoms with van der Waals surface area (Å²) in [5.41, 5.74) is 0.317. The number of pyridine rings is 1. The summed E-state index contributed by atoms with van der Waals surface area (Å²) >= 11 is 12.0. The lowest BCUT2D eigenvalue weighted by Crippen LogP contribution is -2.27. The molecule has 0 fully saturated rings. The molecule has 1 aliphatic rings. The van der Waals surface area contributed by atoms with E-state index in [1.165, 1.54) is 23.2 Å². The van der Waals surface area contributed by atoms with Crippen molar-refractivity contribution in [1.29, 1.82) is 0 Å². The largest absolute Gasteiger partial charge is 0.494 e. The summed E-state index contributed by atoms with van der Waals surface area (Å²) in [4.78, 5) is 5.30. The Morgan fingerprint density at radius 3 is 2.59 bits per heavy atom. The van der Waals surface area contributed by atoms with E-state index in [9.17, 15) is 13.5 Å². The normalized spacial score (nSPS) is 20.0. The van der Waals surface area contributed by atoms with Crippen molar-refractivity contribution in [3.63, 3.8) is 0 Å². The molecule has 1 unspecified atom stereocenters. The van der Waals surface area contributed by atoms with E-state index >= 15 is 0 Å². The third kappa shape index (κ3) is 2.54. The van der Waals surface area contributed by atoms with Crippen molar-refractivity contribution < 1.29 is 13.5 Å². The highest BCUT2D eigenvalue weighted by molar-refractivity contribution is 7.94. The van der Waals surface area contributed by atoms with Crippen LogP contribution in [-0.4, -0.2) is 18.5 Å². The van der Waals surface area contributed by atoms with Gasteiger partial charge in [0.2, 0.25) is 15.7 Å². The standard InChI is InChI=1S/C14H10Cl2N2O3S/c15-9-4-5-10(11(16)7-9)14-18(12-3-1-2-6-17-12)13(19)8-22(14,20)21/h1-8,14,19H. The summed E-state index contributed by atoms with van der Waals surface area (Å²) in [5.74, 6) is -0.108. The monoisotopic (exact) mass is 356 g/mol. The van der Waals surface area contributed by atoms with Crippen molar-refractivity contribution in [3.05, 3.63) is 69.5 Å². The number of rotatable bonds is 2. The number of aliphatic hydroxyl groups excluding tert-OH is 1. The number of hydrogen-bond acceptors (Lipinski definition) is 5. The molecule has 1 aromatic heterocycles. The van der Waals surface area contributed by atoms with Crippen LogP contribution in [0.1, 0.15) is 10.9 Å². The lowest BCUT2D eigenvalue weighted by atomic mass is 10.2. The minimum atomic E-state index is -3.78. The van der Waals surface area contributed by atoms with E-state index in [-0.39, 0.29) is 5.02 Å². The number of aromatic nitrogens is 1. The van der Waals surface area contributed by atoms with Gasteiger partial charge in [0.15, 0.2) is 5.37 Å². The molecule has 0 spiro atoms.